The van der Waals surface area contributed by atoms with Gasteiger partial charge in [0.05, 0.1) is 20.8 Å². The molecule has 0 bridgehead atoms. The van der Waals surface area contributed by atoms with Crippen LogP contribution in [0.1, 0.15) is 48.9 Å². The molecule has 2 heterocycles. The summed E-state index contributed by atoms with van der Waals surface area (Å²) >= 11 is 6.02. The number of likely N-dealkylation sites (tertiary alicyclic amines) is 2. The van der Waals surface area contributed by atoms with Crippen molar-refractivity contribution in [3.8, 4) is 17.2 Å². The average molecular weight is 515 g/mol. The van der Waals surface area contributed by atoms with E-state index in [2.05, 4.69) is 0 Å². The number of hydrogen-bond acceptors (Lipinski definition) is 5. The smallest absolute Gasteiger partial charge is 0.253 e. The van der Waals surface area contributed by atoms with Crippen molar-refractivity contribution in [3.63, 3.8) is 0 Å². The lowest BCUT2D eigenvalue weighted by Gasteiger charge is -2.42. The Hall–Kier alpha value is -2.93. The topological polar surface area (TPSA) is 68.3 Å². The fraction of sp³-hybridized carbons (Fsp3) is 0.500. The molecule has 36 heavy (non-hydrogen) atoms. The zero-order valence-corrected chi connectivity index (χ0v) is 21.9. The molecular weight excluding hydrogens is 480 g/mol. The normalized spacial score (nSPS) is 17.4. The summed E-state index contributed by atoms with van der Waals surface area (Å²) in [5.74, 6) is 1.98. The van der Waals surface area contributed by atoms with Gasteiger partial charge in [-0.25, -0.2) is 0 Å². The molecule has 2 aromatic rings. The summed E-state index contributed by atoms with van der Waals surface area (Å²) < 4.78 is 16.8. The van der Waals surface area contributed by atoms with Crippen LogP contribution in [0, 0.1) is 5.41 Å². The molecule has 2 aliphatic heterocycles. The molecule has 0 atom stereocenters. The van der Waals surface area contributed by atoms with Gasteiger partial charge in [0.2, 0.25) is 5.91 Å². The Morgan fingerprint density at radius 1 is 0.861 bits per heavy atom. The second-order valence-corrected chi connectivity index (χ2v) is 10.2. The van der Waals surface area contributed by atoms with Gasteiger partial charge in [-0.1, -0.05) is 11.6 Å². The standard InChI is InChI=1S/C28H35ClN2O5/c1-34-24-11-6-21(18-25(24)35-2)27(33)31-16-12-28(13-17-31,19-26(32)30-14-4-3-5-15-30)20-36-23-9-7-22(29)8-10-23/h6-11,18H,3-5,12-17,19-20H2,1-2H3. The first-order valence-corrected chi connectivity index (χ1v) is 13.0. The summed E-state index contributed by atoms with van der Waals surface area (Å²) in [6.45, 7) is 3.20. The number of hydrogen-bond donors (Lipinski definition) is 0. The van der Waals surface area contributed by atoms with E-state index in [0.717, 1.165) is 31.7 Å². The van der Waals surface area contributed by atoms with Gasteiger partial charge in [0.15, 0.2) is 11.5 Å². The second-order valence-electron chi connectivity index (χ2n) is 9.72. The van der Waals surface area contributed by atoms with E-state index < -0.39 is 0 Å². The van der Waals surface area contributed by atoms with E-state index in [1.54, 1.807) is 44.6 Å². The fourth-order valence-corrected chi connectivity index (χ4v) is 5.18. The van der Waals surface area contributed by atoms with Gasteiger partial charge in [-0.15, -0.1) is 0 Å². The van der Waals surface area contributed by atoms with Gasteiger partial charge >= 0.3 is 0 Å². The van der Waals surface area contributed by atoms with Gasteiger partial charge < -0.3 is 24.0 Å². The lowest BCUT2D eigenvalue weighted by Crippen LogP contribution is -2.48. The Balaban J connectivity index is 1.46. The molecule has 7 nitrogen and oxygen atoms in total. The van der Waals surface area contributed by atoms with Gasteiger partial charge in [0.25, 0.3) is 5.91 Å². The highest BCUT2D eigenvalue weighted by atomic mass is 35.5. The van der Waals surface area contributed by atoms with Crippen LogP contribution in [-0.4, -0.2) is 68.6 Å². The molecule has 8 heteroatoms. The van der Waals surface area contributed by atoms with Crippen LogP contribution in [-0.2, 0) is 4.79 Å². The number of amides is 2. The molecule has 0 aliphatic carbocycles. The Bertz CT molecular complexity index is 1040. The molecule has 2 aliphatic rings. The van der Waals surface area contributed by atoms with Crippen molar-refractivity contribution < 1.29 is 23.8 Å². The molecular formula is C28H35ClN2O5. The van der Waals surface area contributed by atoms with Crippen LogP contribution in [0.25, 0.3) is 0 Å². The zero-order valence-electron chi connectivity index (χ0n) is 21.1. The van der Waals surface area contributed by atoms with E-state index >= 15 is 0 Å². The minimum Gasteiger partial charge on any atom is -0.493 e. The summed E-state index contributed by atoms with van der Waals surface area (Å²) in [4.78, 5) is 30.4. The van der Waals surface area contributed by atoms with Crippen LogP contribution in [0.3, 0.4) is 0 Å². The van der Waals surface area contributed by atoms with Crippen molar-refractivity contribution in [1.82, 2.24) is 9.80 Å². The number of nitrogens with zero attached hydrogens (tertiary/aromatic N) is 2. The lowest BCUT2D eigenvalue weighted by molar-refractivity contribution is -0.136. The molecule has 2 fully saturated rings. The number of benzene rings is 2. The van der Waals surface area contributed by atoms with Gasteiger partial charge in [0, 0.05) is 48.6 Å². The largest absolute Gasteiger partial charge is 0.493 e. The number of rotatable bonds is 8. The van der Waals surface area contributed by atoms with Crippen LogP contribution < -0.4 is 14.2 Å². The molecule has 0 N–H and O–H groups in total. The first-order valence-electron chi connectivity index (χ1n) is 12.6. The Morgan fingerprint density at radius 3 is 2.17 bits per heavy atom. The molecule has 194 valence electrons. The number of ether oxygens (including phenoxy) is 3. The SMILES string of the molecule is COc1ccc(C(=O)N2CCC(COc3ccc(Cl)cc3)(CC(=O)N3CCCCC3)CC2)cc1OC. The van der Waals surface area contributed by atoms with Gasteiger partial charge in [-0.2, -0.15) is 0 Å². The van der Waals surface area contributed by atoms with E-state index in [-0.39, 0.29) is 17.2 Å². The zero-order chi connectivity index (χ0) is 25.5. The lowest BCUT2D eigenvalue weighted by atomic mass is 9.75. The monoisotopic (exact) mass is 514 g/mol. The molecule has 4 rings (SSSR count). The van der Waals surface area contributed by atoms with Crippen LogP contribution in [0.5, 0.6) is 17.2 Å². The summed E-state index contributed by atoms with van der Waals surface area (Å²) in [7, 11) is 3.13. The molecule has 0 spiro atoms. The van der Waals surface area contributed by atoms with Crippen molar-refractivity contribution in [2.24, 2.45) is 5.41 Å². The number of halogens is 1. The molecule has 2 saturated heterocycles. The highest BCUT2D eigenvalue weighted by Gasteiger charge is 2.40. The highest BCUT2D eigenvalue weighted by Crippen LogP contribution is 2.38. The van der Waals surface area contributed by atoms with Crippen molar-refractivity contribution in [2.75, 3.05) is 47.0 Å². The summed E-state index contributed by atoms with van der Waals surface area (Å²) in [5, 5.41) is 0.652. The number of methoxy groups -OCH3 is 2. The first-order chi connectivity index (χ1) is 17.4. The van der Waals surface area contributed by atoms with Crippen LogP contribution >= 0.6 is 11.6 Å². The minimum atomic E-state index is -0.331. The van der Waals surface area contributed by atoms with Gasteiger partial charge in [0.1, 0.15) is 5.75 Å². The van der Waals surface area contributed by atoms with Crippen molar-refractivity contribution in [2.45, 2.75) is 38.5 Å². The predicted molar refractivity (Wildman–Crippen MR) is 139 cm³/mol. The molecule has 2 amide bonds. The second kappa shape index (κ2) is 11.9. The molecule has 0 saturated carbocycles. The van der Waals surface area contributed by atoms with E-state index in [9.17, 15) is 9.59 Å². The van der Waals surface area contributed by atoms with Crippen LogP contribution in [0.4, 0.5) is 0 Å². The summed E-state index contributed by atoms with van der Waals surface area (Å²) in [5.41, 5.74) is 0.227. The summed E-state index contributed by atoms with van der Waals surface area (Å²) in [6.07, 6.45) is 5.13. The van der Waals surface area contributed by atoms with E-state index in [1.165, 1.54) is 6.42 Å². The number of carbonyl (C=O) groups excluding carboxylic acids is 2. The van der Waals surface area contributed by atoms with E-state index in [1.807, 2.05) is 21.9 Å². The van der Waals surface area contributed by atoms with E-state index in [0.29, 0.717) is 61.0 Å². The van der Waals surface area contributed by atoms with Crippen molar-refractivity contribution in [1.29, 1.82) is 0 Å². The molecule has 0 radical (unpaired) electrons. The maximum absolute atomic E-state index is 13.3. The quantitative estimate of drug-likeness (QED) is 0.492. The van der Waals surface area contributed by atoms with Gasteiger partial charge in [-0.05, 0) is 74.6 Å². The maximum atomic E-state index is 13.3. The first kappa shape index (κ1) is 26.1. The third-order valence-electron chi connectivity index (χ3n) is 7.34. The van der Waals surface area contributed by atoms with Gasteiger partial charge in [-0.3, -0.25) is 9.59 Å². The van der Waals surface area contributed by atoms with Crippen molar-refractivity contribution in [3.05, 3.63) is 53.1 Å². The molecule has 2 aromatic carbocycles. The maximum Gasteiger partial charge on any atom is 0.253 e. The third kappa shape index (κ3) is 6.25. The van der Waals surface area contributed by atoms with Crippen molar-refractivity contribution >= 4 is 23.4 Å². The molecule has 0 unspecified atom stereocenters. The number of carbonyl (C=O) groups is 2. The Morgan fingerprint density at radius 2 is 1.53 bits per heavy atom. The third-order valence-corrected chi connectivity index (χ3v) is 7.59. The highest BCUT2D eigenvalue weighted by molar-refractivity contribution is 6.30. The van der Waals surface area contributed by atoms with Crippen LogP contribution in [0.2, 0.25) is 5.02 Å². The Labute approximate surface area is 218 Å². The summed E-state index contributed by atoms with van der Waals surface area (Å²) in [6, 6.07) is 12.5. The average Bonchev–Trinajstić information content (AvgIpc) is 2.93. The number of piperidine rings is 2. The minimum absolute atomic E-state index is 0.0504. The molecule has 0 aromatic heterocycles. The van der Waals surface area contributed by atoms with Crippen LogP contribution in [0.15, 0.2) is 42.5 Å². The van der Waals surface area contributed by atoms with E-state index in [4.69, 9.17) is 25.8 Å². The predicted octanol–water partition coefficient (Wildman–Crippen LogP) is 5.06. The Kier molecular flexibility index (Phi) is 8.62. The fourth-order valence-electron chi connectivity index (χ4n) is 5.05.